The molecule has 0 radical (unpaired) electrons. The molecule has 6 nitrogen and oxygen atoms in total. The molecule has 1 aliphatic carbocycles. The van der Waals surface area contributed by atoms with Gasteiger partial charge in [0.15, 0.2) is 0 Å². The van der Waals surface area contributed by atoms with Crippen LogP contribution < -0.4 is 4.74 Å². The van der Waals surface area contributed by atoms with E-state index in [9.17, 15) is 9.59 Å². The minimum Gasteiger partial charge on any atom is -0.494 e. The molecule has 6 rings (SSSR count). The van der Waals surface area contributed by atoms with Crippen molar-refractivity contribution in [2.45, 2.75) is 44.3 Å². The van der Waals surface area contributed by atoms with Gasteiger partial charge in [0.1, 0.15) is 24.4 Å². The average molecular weight is 415 g/mol. The Labute approximate surface area is 180 Å². The summed E-state index contributed by atoms with van der Waals surface area (Å²) in [5, 5.41) is 1.12. The number of hydrogen-bond donors (Lipinski definition) is 1. The number of H-pyrrole nitrogens is 1. The van der Waals surface area contributed by atoms with E-state index in [2.05, 4.69) is 17.1 Å². The van der Waals surface area contributed by atoms with Crippen molar-refractivity contribution in [3.8, 4) is 5.75 Å². The Bertz CT molecular complexity index is 1200. The molecular formula is C25H25N3O3. The molecule has 1 N–H and O–H groups in total. The first-order valence-corrected chi connectivity index (χ1v) is 11.1. The van der Waals surface area contributed by atoms with Crippen LogP contribution in [0.5, 0.6) is 5.75 Å². The van der Waals surface area contributed by atoms with Gasteiger partial charge in [-0.1, -0.05) is 36.4 Å². The van der Waals surface area contributed by atoms with Crippen LogP contribution >= 0.6 is 0 Å². The molecule has 6 heteroatoms. The highest BCUT2D eigenvalue weighted by Gasteiger charge is 2.51. The van der Waals surface area contributed by atoms with E-state index >= 15 is 0 Å². The highest BCUT2D eigenvalue weighted by atomic mass is 16.5. The number of ether oxygens (including phenoxy) is 1. The van der Waals surface area contributed by atoms with E-state index in [1.54, 1.807) is 0 Å². The summed E-state index contributed by atoms with van der Waals surface area (Å²) in [5.74, 6) is 0.846. The lowest BCUT2D eigenvalue weighted by atomic mass is 9.86. The molecule has 31 heavy (non-hydrogen) atoms. The van der Waals surface area contributed by atoms with Crippen LogP contribution in [0, 0.1) is 0 Å². The first-order valence-electron chi connectivity index (χ1n) is 11.1. The highest BCUT2D eigenvalue weighted by Crippen LogP contribution is 2.45. The second kappa shape index (κ2) is 6.87. The molecular weight excluding hydrogens is 390 g/mol. The van der Waals surface area contributed by atoms with Gasteiger partial charge in [-0.25, -0.2) is 0 Å². The van der Waals surface area contributed by atoms with E-state index in [-0.39, 0.29) is 30.4 Å². The van der Waals surface area contributed by atoms with Crippen LogP contribution in [0.15, 0.2) is 48.5 Å². The fraction of sp³-hybridized carbons (Fsp3) is 0.360. The van der Waals surface area contributed by atoms with E-state index in [1.807, 2.05) is 53.1 Å². The van der Waals surface area contributed by atoms with Crippen molar-refractivity contribution >= 4 is 22.7 Å². The number of aromatic nitrogens is 1. The number of nitrogens with one attached hydrogen (secondary N) is 1. The highest BCUT2D eigenvalue weighted by molar-refractivity contribution is 5.98. The zero-order valence-corrected chi connectivity index (χ0v) is 17.5. The normalized spacial score (nSPS) is 23.1. The van der Waals surface area contributed by atoms with Gasteiger partial charge < -0.3 is 19.5 Å². The Morgan fingerprint density at radius 2 is 1.84 bits per heavy atom. The fourth-order valence-corrected chi connectivity index (χ4v) is 5.30. The quantitative estimate of drug-likeness (QED) is 0.710. The molecule has 0 bridgehead atoms. The van der Waals surface area contributed by atoms with Crippen molar-refractivity contribution in [3.05, 3.63) is 65.4 Å². The SMILES string of the molecule is CCOc1ccccc1[C@H]1c2[nH]c3ccccc3c2C[C@H]2C(=O)N(C3CC3)CC(=O)N12. The van der Waals surface area contributed by atoms with Crippen molar-refractivity contribution in [3.63, 3.8) is 0 Å². The van der Waals surface area contributed by atoms with Crippen LogP contribution in [-0.2, 0) is 16.0 Å². The Kier molecular flexibility index (Phi) is 4.10. The topological polar surface area (TPSA) is 65.6 Å². The lowest BCUT2D eigenvalue weighted by molar-refractivity contribution is -0.159. The van der Waals surface area contributed by atoms with Gasteiger partial charge in [-0.05, 0) is 37.5 Å². The van der Waals surface area contributed by atoms with Crippen LogP contribution in [0.25, 0.3) is 10.9 Å². The van der Waals surface area contributed by atoms with E-state index in [1.165, 1.54) is 0 Å². The molecule has 2 fully saturated rings. The molecule has 3 aliphatic rings. The molecule has 2 aromatic carbocycles. The zero-order chi connectivity index (χ0) is 21.1. The Morgan fingerprint density at radius 1 is 1.06 bits per heavy atom. The van der Waals surface area contributed by atoms with Crippen LogP contribution in [0.4, 0.5) is 0 Å². The Morgan fingerprint density at radius 3 is 2.65 bits per heavy atom. The van der Waals surface area contributed by atoms with Crippen LogP contribution in [-0.4, -0.2) is 51.8 Å². The number of amides is 2. The van der Waals surface area contributed by atoms with Crippen molar-refractivity contribution in [2.75, 3.05) is 13.2 Å². The summed E-state index contributed by atoms with van der Waals surface area (Å²) in [6, 6.07) is 15.4. The van der Waals surface area contributed by atoms with E-state index in [0.717, 1.165) is 46.3 Å². The summed E-state index contributed by atoms with van der Waals surface area (Å²) in [4.78, 5) is 34.2. The molecule has 2 aliphatic heterocycles. The number of carbonyl (C=O) groups is 2. The lowest BCUT2D eigenvalue weighted by Gasteiger charge is -2.47. The number of aromatic amines is 1. The largest absolute Gasteiger partial charge is 0.494 e. The number of carbonyl (C=O) groups excluding carboxylic acids is 2. The third-order valence-electron chi connectivity index (χ3n) is 6.79. The first kappa shape index (κ1) is 18.5. The molecule has 1 saturated carbocycles. The molecule has 1 aromatic heterocycles. The molecule has 3 aromatic rings. The Balaban J connectivity index is 1.56. The van der Waals surface area contributed by atoms with E-state index in [0.29, 0.717) is 13.0 Å². The second-order valence-corrected chi connectivity index (χ2v) is 8.65. The van der Waals surface area contributed by atoms with Gasteiger partial charge in [0, 0.05) is 34.6 Å². The maximum Gasteiger partial charge on any atom is 0.246 e. The number of hydrogen-bond acceptors (Lipinski definition) is 3. The van der Waals surface area contributed by atoms with Gasteiger partial charge in [-0.2, -0.15) is 0 Å². The van der Waals surface area contributed by atoms with Crippen molar-refractivity contribution in [1.29, 1.82) is 0 Å². The van der Waals surface area contributed by atoms with Gasteiger partial charge in [-0.15, -0.1) is 0 Å². The molecule has 2 atom stereocenters. The van der Waals surface area contributed by atoms with Crippen molar-refractivity contribution in [2.24, 2.45) is 0 Å². The lowest BCUT2D eigenvalue weighted by Crippen LogP contribution is -2.63. The number of fused-ring (bicyclic) bond motifs is 4. The number of benzene rings is 2. The summed E-state index contributed by atoms with van der Waals surface area (Å²) < 4.78 is 5.94. The monoisotopic (exact) mass is 415 g/mol. The predicted molar refractivity (Wildman–Crippen MR) is 117 cm³/mol. The third kappa shape index (κ3) is 2.77. The molecule has 1 saturated heterocycles. The van der Waals surface area contributed by atoms with Crippen LogP contribution in [0.2, 0.25) is 0 Å². The van der Waals surface area contributed by atoms with Crippen molar-refractivity contribution in [1.82, 2.24) is 14.8 Å². The first-order chi connectivity index (χ1) is 15.2. The maximum atomic E-state index is 13.5. The maximum absolute atomic E-state index is 13.5. The number of piperazine rings is 1. The van der Waals surface area contributed by atoms with Crippen molar-refractivity contribution < 1.29 is 14.3 Å². The van der Waals surface area contributed by atoms with Crippen LogP contribution in [0.1, 0.15) is 42.6 Å². The smallest absolute Gasteiger partial charge is 0.246 e. The molecule has 0 unspecified atom stereocenters. The van der Waals surface area contributed by atoms with Crippen LogP contribution in [0.3, 0.4) is 0 Å². The molecule has 3 heterocycles. The minimum absolute atomic E-state index is 0.0112. The summed E-state index contributed by atoms with van der Waals surface area (Å²) in [6.45, 7) is 2.66. The number of para-hydroxylation sites is 2. The van der Waals surface area contributed by atoms with Gasteiger partial charge in [0.2, 0.25) is 11.8 Å². The minimum atomic E-state index is -0.478. The Hall–Kier alpha value is -3.28. The predicted octanol–water partition coefficient (Wildman–Crippen LogP) is 3.41. The number of nitrogens with zero attached hydrogens (tertiary/aromatic N) is 2. The second-order valence-electron chi connectivity index (χ2n) is 8.65. The summed E-state index contributed by atoms with van der Waals surface area (Å²) in [5.41, 5.74) is 4.07. The van der Waals surface area contributed by atoms with E-state index < -0.39 is 6.04 Å². The summed E-state index contributed by atoms with van der Waals surface area (Å²) >= 11 is 0. The van der Waals surface area contributed by atoms with Gasteiger partial charge >= 0.3 is 0 Å². The van der Waals surface area contributed by atoms with Gasteiger partial charge in [0.05, 0.1) is 6.61 Å². The average Bonchev–Trinajstić information content (AvgIpc) is 3.56. The standard InChI is InChI=1S/C25H25N3O3/c1-2-31-21-10-6-4-8-17(21)24-23-18(16-7-3-5-9-19(16)26-23)13-20-25(30)27(15-11-12-15)14-22(29)28(20)24/h3-10,15,20,24,26H,2,11-14H2,1H3/t20-,24-/m0/s1. The van der Waals surface area contributed by atoms with Gasteiger partial charge in [-0.3, -0.25) is 9.59 Å². The number of rotatable bonds is 4. The fourth-order valence-electron chi connectivity index (χ4n) is 5.30. The summed E-state index contributed by atoms with van der Waals surface area (Å²) in [7, 11) is 0. The molecule has 158 valence electrons. The molecule has 2 amide bonds. The van der Waals surface area contributed by atoms with Gasteiger partial charge in [0.25, 0.3) is 0 Å². The van der Waals surface area contributed by atoms with E-state index in [4.69, 9.17) is 4.74 Å². The molecule has 0 spiro atoms. The summed E-state index contributed by atoms with van der Waals surface area (Å²) in [6.07, 6.45) is 2.54. The third-order valence-corrected chi connectivity index (χ3v) is 6.79. The zero-order valence-electron chi connectivity index (χ0n) is 17.5.